The second kappa shape index (κ2) is 5.83. The Morgan fingerprint density at radius 1 is 1.50 bits per heavy atom. The van der Waals surface area contributed by atoms with Gasteiger partial charge in [0.05, 0.1) is 17.8 Å². The van der Waals surface area contributed by atoms with E-state index in [9.17, 15) is 4.79 Å². The summed E-state index contributed by atoms with van der Waals surface area (Å²) in [5.74, 6) is 0.785. The van der Waals surface area contributed by atoms with Crippen molar-refractivity contribution >= 4 is 6.03 Å². The maximum atomic E-state index is 12.3. The van der Waals surface area contributed by atoms with Gasteiger partial charge in [-0.25, -0.2) is 4.79 Å². The summed E-state index contributed by atoms with van der Waals surface area (Å²) >= 11 is 0. The van der Waals surface area contributed by atoms with Gasteiger partial charge in [0.25, 0.3) is 0 Å². The number of amides is 2. The molecule has 0 aromatic carbocycles. The van der Waals surface area contributed by atoms with Crippen molar-refractivity contribution in [2.45, 2.75) is 44.8 Å². The molecule has 0 bridgehead atoms. The number of hydrogen-bond donors (Lipinski definition) is 1. The van der Waals surface area contributed by atoms with Gasteiger partial charge in [-0.15, -0.1) is 0 Å². The van der Waals surface area contributed by atoms with E-state index in [0.29, 0.717) is 6.54 Å². The molecule has 6 nitrogen and oxygen atoms in total. The fourth-order valence-corrected chi connectivity index (χ4v) is 2.95. The van der Waals surface area contributed by atoms with Crippen molar-refractivity contribution in [1.29, 1.82) is 0 Å². The van der Waals surface area contributed by atoms with Gasteiger partial charge in [0.15, 0.2) is 5.76 Å². The Kier molecular flexibility index (Phi) is 3.91. The number of carbonyl (C=O) groups is 1. The van der Waals surface area contributed by atoms with Crippen molar-refractivity contribution < 1.29 is 14.1 Å². The van der Waals surface area contributed by atoms with Gasteiger partial charge in [-0.05, 0) is 32.6 Å². The summed E-state index contributed by atoms with van der Waals surface area (Å²) in [4.78, 5) is 14.1. The van der Waals surface area contributed by atoms with E-state index in [1.54, 1.807) is 0 Å². The monoisotopic (exact) mass is 279 g/mol. The van der Waals surface area contributed by atoms with Gasteiger partial charge in [0.1, 0.15) is 0 Å². The molecule has 2 amide bonds. The van der Waals surface area contributed by atoms with Crippen LogP contribution in [0, 0.1) is 6.92 Å². The van der Waals surface area contributed by atoms with E-state index < -0.39 is 0 Å². The third-order valence-electron chi connectivity index (χ3n) is 3.99. The van der Waals surface area contributed by atoms with Crippen molar-refractivity contribution in [3.63, 3.8) is 0 Å². The molecule has 0 saturated carbocycles. The minimum Gasteiger partial charge on any atom is -0.376 e. The van der Waals surface area contributed by atoms with E-state index in [-0.39, 0.29) is 18.2 Å². The van der Waals surface area contributed by atoms with Gasteiger partial charge in [0, 0.05) is 25.8 Å². The van der Waals surface area contributed by atoms with E-state index in [2.05, 4.69) is 10.5 Å². The minimum atomic E-state index is -0.0305. The van der Waals surface area contributed by atoms with Crippen LogP contribution in [0.1, 0.15) is 43.2 Å². The molecule has 0 spiro atoms. The van der Waals surface area contributed by atoms with Crippen LogP contribution in [0.4, 0.5) is 4.79 Å². The molecule has 3 rings (SSSR count). The number of hydrogen-bond acceptors (Lipinski definition) is 4. The standard InChI is InChI=1S/C14H21N3O3/c1-10-8-13(20-16-10)12-5-2-6-17(12)14(18)15-9-11-4-3-7-19-11/h8,11-12H,2-7,9H2,1H3,(H,15,18)/t11-,12-/m0/s1. The Labute approximate surface area is 118 Å². The molecule has 2 saturated heterocycles. The molecule has 1 aromatic rings. The lowest BCUT2D eigenvalue weighted by molar-refractivity contribution is 0.108. The molecule has 2 aliphatic heterocycles. The van der Waals surface area contributed by atoms with E-state index in [4.69, 9.17) is 9.26 Å². The molecule has 2 aliphatic rings. The predicted molar refractivity (Wildman–Crippen MR) is 72.3 cm³/mol. The van der Waals surface area contributed by atoms with Gasteiger partial charge in [-0.3, -0.25) is 0 Å². The maximum Gasteiger partial charge on any atom is 0.318 e. The summed E-state index contributed by atoms with van der Waals surface area (Å²) in [6, 6.07) is 1.90. The average Bonchev–Trinajstić information content (AvgIpc) is 3.16. The van der Waals surface area contributed by atoms with Crippen molar-refractivity contribution in [2.75, 3.05) is 19.7 Å². The number of nitrogens with zero attached hydrogens (tertiary/aromatic N) is 2. The molecule has 2 fully saturated rings. The lowest BCUT2D eigenvalue weighted by Crippen LogP contribution is -2.42. The molecule has 1 N–H and O–H groups in total. The van der Waals surface area contributed by atoms with Gasteiger partial charge in [-0.1, -0.05) is 5.16 Å². The number of urea groups is 1. The molecule has 3 heterocycles. The molecular weight excluding hydrogens is 258 g/mol. The Morgan fingerprint density at radius 2 is 2.40 bits per heavy atom. The smallest absolute Gasteiger partial charge is 0.318 e. The number of nitrogens with one attached hydrogen (secondary N) is 1. The molecule has 110 valence electrons. The van der Waals surface area contributed by atoms with E-state index in [1.165, 1.54) is 0 Å². The van der Waals surface area contributed by atoms with Gasteiger partial charge < -0.3 is 19.5 Å². The van der Waals surface area contributed by atoms with Crippen LogP contribution in [0.15, 0.2) is 10.6 Å². The molecule has 0 unspecified atom stereocenters. The summed E-state index contributed by atoms with van der Waals surface area (Å²) in [7, 11) is 0. The highest BCUT2D eigenvalue weighted by Crippen LogP contribution is 2.32. The van der Waals surface area contributed by atoms with Crippen LogP contribution in [0.2, 0.25) is 0 Å². The summed E-state index contributed by atoms with van der Waals surface area (Å²) < 4.78 is 10.8. The SMILES string of the molecule is Cc1cc([C@@H]2CCCN2C(=O)NC[C@@H]2CCCO2)on1. The number of aromatic nitrogens is 1. The Hall–Kier alpha value is -1.56. The normalized spacial score (nSPS) is 26.1. The van der Waals surface area contributed by atoms with Crippen LogP contribution in [-0.2, 0) is 4.74 Å². The van der Waals surface area contributed by atoms with Crippen LogP contribution in [0.25, 0.3) is 0 Å². The van der Waals surface area contributed by atoms with Gasteiger partial charge >= 0.3 is 6.03 Å². The third-order valence-corrected chi connectivity index (χ3v) is 3.99. The number of likely N-dealkylation sites (tertiary alicyclic amines) is 1. The zero-order chi connectivity index (χ0) is 13.9. The molecule has 1 aromatic heterocycles. The van der Waals surface area contributed by atoms with Gasteiger partial charge in [-0.2, -0.15) is 0 Å². The first-order valence-corrected chi connectivity index (χ1v) is 7.33. The summed E-state index contributed by atoms with van der Waals surface area (Å²) in [5, 5.41) is 6.88. The molecular formula is C14H21N3O3. The molecule has 6 heteroatoms. The molecule has 20 heavy (non-hydrogen) atoms. The number of aryl methyl sites for hydroxylation is 1. The van der Waals surface area contributed by atoms with Crippen molar-refractivity contribution in [2.24, 2.45) is 0 Å². The zero-order valence-electron chi connectivity index (χ0n) is 11.8. The highest BCUT2D eigenvalue weighted by Gasteiger charge is 2.33. The fourth-order valence-electron chi connectivity index (χ4n) is 2.95. The molecule has 2 atom stereocenters. The van der Waals surface area contributed by atoms with Crippen molar-refractivity contribution in [3.8, 4) is 0 Å². The second-order valence-corrected chi connectivity index (χ2v) is 5.54. The van der Waals surface area contributed by atoms with Gasteiger partial charge in [0.2, 0.25) is 0 Å². The quantitative estimate of drug-likeness (QED) is 0.919. The highest BCUT2D eigenvalue weighted by atomic mass is 16.5. The van der Waals surface area contributed by atoms with Crippen LogP contribution in [-0.4, -0.2) is 41.9 Å². The van der Waals surface area contributed by atoms with Crippen LogP contribution >= 0.6 is 0 Å². The maximum absolute atomic E-state index is 12.3. The zero-order valence-corrected chi connectivity index (χ0v) is 11.8. The number of ether oxygens (including phenoxy) is 1. The van der Waals surface area contributed by atoms with Crippen LogP contribution < -0.4 is 5.32 Å². The van der Waals surface area contributed by atoms with Crippen LogP contribution in [0.5, 0.6) is 0 Å². The first-order chi connectivity index (χ1) is 9.74. The van der Waals surface area contributed by atoms with Crippen molar-refractivity contribution in [3.05, 3.63) is 17.5 Å². The van der Waals surface area contributed by atoms with E-state index in [0.717, 1.165) is 50.3 Å². The first kappa shape index (κ1) is 13.4. The predicted octanol–water partition coefficient (Wildman–Crippen LogP) is 2.01. The number of rotatable bonds is 3. The summed E-state index contributed by atoms with van der Waals surface area (Å²) in [6.45, 7) is 4.06. The topological polar surface area (TPSA) is 67.6 Å². The summed E-state index contributed by atoms with van der Waals surface area (Å²) in [5.41, 5.74) is 0.853. The van der Waals surface area contributed by atoms with E-state index >= 15 is 0 Å². The largest absolute Gasteiger partial charge is 0.376 e. The Balaban J connectivity index is 1.58. The molecule has 0 aliphatic carbocycles. The van der Waals surface area contributed by atoms with Crippen molar-refractivity contribution in [1.82, 2.24) is 15.4 Å². The summed E-state index contributed by atoms with van der Waals surface area (Å²) in [6.07, 6.45) is 4.22. The second-order valence-electron chi connectivity index (χ2n) is 5.54. The van der Waals surface area contributed by atoms with E-state index in [1.807, 2.05) is 17.9 Å². The molecule has 0 radical (unpaired) electrons. The fraction of sp³-hybridized carbons (Fsp3) is 0.714. The Morgan fingerprint density at radius 3 is 3.10 bits per heavy atom. The number of carbonyl (C=O) groups excluding carboxylic acids is 1. The average molecular weight is 279 g/mol. The first-order valence-electron chi connectivity index (χ1n) is 7.33. The lowest BCUT2D eigenvalue weighted by atomic mass is 10.1. The minimum absolute atomic E-state index is 0.0145. The highest BCUT2D eigenvalue weighted by molar-refractivity contribution is 5.75. The van der Waals surface area contributed by atoms with Crippen LogP contribution in [0.3, 0.4) is 0 Å². The lowest BCUT2D eigenvalue weighted by Gasteiger charge is -2.23. The third kappa shape index (κ3) is 2.80. The Bertz CT molecular complexity index is 468.